The Bertz CT molecular complexity index is 581. The summed E-state index contributed by atoms with van der Waals surface area (Å²) in [5.74, 6) is -1.14. The molecule has 7 heteroatoms. The number of rotatable bonds is 4. The lowest BCUT2D eigenvalue weighted by atomic mass is 10.1. The van der Waals surface area contributed by atoms with Gasteiger partial charge in [-0.25, -0.2) is 0 Å². The largest absolute Gasteiger partial charge is 0.324 e. The lowest BCUT2D eigenvalue weighted by molar-refractivity contribution is -0.115. The van der Waals surface area contributed by atoms with E-state index in [1.807, 2.05) is 0 Å². The van der Waals surface area contributed by atoms with Gasteiger partial charge in [-0.3, -0.25) is 19.2 Å². The van der Waals surface area contributed by atoms with Gasteiger partial charge < -0.3 is 16.0 Å². The Labute approximate surface area is 115 Å². The zero-order valence-electron chi connectivity index (χ0n) is 11.4. The van der Waals surface area contributed by atoms with Gasteiger partial charge in [-0.05, 0) is 12.1 Å². The second-order valence-corrected chi connectivity index (χ2v) is 4.11. The zero-order chi connectivity index (χ0) is 15.3. The number of anilines is 3. The van der Waals surface area contributed by atoms with Crippen molar-refractivity contribution in [2.45, 2.75) is 20.8 Å². The Kier molecular flexibility index (Phi) is 4.96. The average molecular weight is 277 g/mol. The van der Waals surface area contributed by atoms with E-state index in [1.165, 1.54) is 32.9 Å². The lowest BCUT2D eigenvalue weighted by Gasteiger charge is -2.17. The highest BCUT2D eigenvalue weighted by atomic mass is 16.2. The quantitative estimate of drug-likeness (QED) is 0.723. The number of aldehydes is 1. The first-order valence-corrected chi connectivity index (χ1v) is 5.80. The molecule has 0 aromatic heterocycles. The van der Waals surface area contributed by atoms with Crippen LogP contribution in [-0.4, -0.2) is 24.0 Å². The summed E-state index contributed by atoms with van der Waals surface area (Å²) < 4.78 is 0. The van der Waals surface area contributed by atoms with E-state index in [4.69, 9.17) is 0 Å². The molecule has 3 amide bonds. The fraction of sp³-hybridized carbons (Fsp3) is 0.231. The maximum atomic E-state index is 11.3. The minimum Gasteiger partial charge on any atom is -0.324 e. The van der Waals surface area contributed by atoms with Crippen LogP contribution in [0.4, 0.5) is 17.1 Å². The third-order valence-corrected chi connectivity index (χ3v) is 2.28. The highest BCUT2D eigenvalue weighted by Crippen LogP contribution is 2.33. The smallest absolute Gasteiger partial charge is 0.221 e. The second-order valence-electron chi connectivity index (χ2n) is 4.11. The van der Waals surface area contributed by atoms with Gasteiger partial charge in [0.15, 0.2) is 6.29 Å². The molecule has 0 unspecified atom stereocenters. The van der Waals surface area contributed by atoms with E-state index >= 15 is 0 Å². The average Bonchev–Trinajstić information content (AvgIpc) is 2.31. The van der Waals surface area contributed by atoms with E-state index in [0.29, 0.717) is 12.0 Å². The minimum atomic E-state index is -0.403. The van der Waals surface area contributed by atoms with Crippen LogP contribution in [0.25, 0.3) is 0 Å². The van der Waals surface area contributed by atoms with Crippen molar-refractivity contribution in [3.8, 4) is 0 Å². The molecule has 1 aromatic carbocycles. The summed E-state index contributed by atoms with van der Waals surface area (Å²) in [4.78, 5) is 44.7. The van der Waals surface area contributed by atoms with E-state index in [2.05, 4.69) is 16.0 Å². The molecular weight excluding hydrogens is 262 g/mol. The Hall–Kier alpha value is -2.70. The first-order valence-electron chi connectivity index (χ1n) is 5.80. The molecule has 0 fully saturated rings. The molecule has 1 aromatic rings. The summed E-state index contributed by atoms with van der Waals surface area (Å²) in [5, 5.41) is 7.50. The van der Waals surface area contributed by atoms with Crippen LogP contribution < -0.4 is 16.0 Å². The topological polar surface area (TPSA) is 104 Å². The predicted molar refractivity (Wildman–Crippen MR) is 74.7 cm³/mol. The van der Waals surface area contributed by atoms with Crippen molar-refractivity contribution >= 4 is 41.1 Å². The number of carbonyl (C=O) groups is 4. The molecule has 3 N–H and O–H groups in total. The number of amides is 3. The van der Waals surface area contributed by atoms with E-state index in [0.717, 1.165) is 0 Å². The van der Waals surface area contributed by atoms with Crippen LogP contribution in [0.15, 0.2) is 12.1 Å². The standard InChI is InChI=1S/C13H15N3O4/c1-7(18)14-11-5-4-10(6-17)12(15-8(2)19)13(11)16-9(3)20/h4-6H,1-3H3,(H,14,18)(H,15,19)(H,16,20). The Morgan fingerprint density at radius 2 is 1.35 bits per heavy atom. The second kappa shape index (κ2) is 6.46. The van der Waals surface area contributed by atoms with Gasteiger partial charge in [0.1, 0.15) is 0 Å². The summed E-state index contributed by atoms with van der Waals surface area (Å²) in [7, 11) is 0. The summed E-state index contributed by atoms with van der Waals surface area (Å²) in [6, 6.07) is 2.91. The molecule has 0 radical (unpaired) electrons. The number of benzene rings is 1. The number of hydrogen-bond donors (Lipinski definition) is 3. The maximum Gasteiger partial charge on any atom is 0.221 e. The van der Waals surface area contributed by atoms with Gasteiger partial charge in [0.25, 0.3) is 0 Å². The molecule has 0 bridgehead atoms. The van der Waals surface area contributed by atoms with Crippen LogP contribution in [0.2, 0.25) is 0 Å². The van der Waals surface area contributed by atoms with Crippen LogP contribution in [0.5, 0.6) is 0 Å². The Morgan fingerprint density at radius 1 is 0.850 bits per heavy atom. The van der Waals surface area contributed by atoms with Crippen molar-refractivity contribution in [2.75, 3.05) is 16.0 Å². The third kappa shape index (κ3) is 3.91. The minimum absolute atomic E-state index is 0.147. The zero-order valence-corrected chi connectivity index (χ0v) is 11.4. The number of hydrogen-bond acceptors (Lipinski definition) is 4. The Balaban J connectivity index is 3.45. The molecule has 106 valence electrons. The Morgan fingerprint density at radius 3 is 1.80 bits per heavy atom. The summed E-state index contributed by atoms with van der Waals surface area (Å²) in [6.07, 6.45) is 0.550. The van der Waals surface area contributed by atoms with E-state index < -0.39 is 11.8 Å². The molecule has 0 aliphatic heterocycles. The summed E-state index contributed by atoms with van der Waals surface area (Å²) in [5.41, 5.74) is 0.807. The highest BCUT2D eigenvalue weighted by Gasteiger charge is 2.16. The molecule has 0 aliphatic carbocycles. The predicted octanol–water partition coefficient (Wildman–Crippen LogP) is 1.37. The van der Waals surface area contributed by atoms with Crippen LogP contribution in [-0.2, 0) is 14.4 Å². The molecule has 0 saturated carbocycles. The van der Waals surface area contributed by atoms with Crippen molar-refractivity contribution in [3.63, 3.8) is 0 Å². The van der Waals surface area contributed by atoms with Gasteiger partial charge in [-0.15, -0.1) is 0 Å². The fourth-order valence-electron chi connectivity index (χ4n) is 1.63. The summed E-state index contributed by atoms with van der Waals surface area (Å²) in [6.45, 7) is 3.86. The normalized spacial score (nSPS) is 9.55. The van der Waals surface area contributed by atoms with E-state index in [-0.39, 0.29) is 22.8 Å². The molecule has 0 saturated heterocycles. The molecular formula is C13H15N3O4. The van der Waals surface area contributed by atoms with Crippen LogP contribution in [0, 0.1) is 0 Å². The van der Waals surface area contributed by atoms with Crippen molar-refractivity contribution in [1.29, 1.82) is 0 Å². The van der Waals surface area contributed by atoms with Gasteiger partial charge in [0.05, 0.1) is 17.1 Å². The fourth-order valence-corrected chi connectivity index (χ4v) is 1.63. The molecule has 0 aliphatic rings. The molecule has 20 heavy (non-hydrogen) atoms. The molecule has 7 nitrogen and oxygen atoms in total. The summed E-state index contributed by atoms with van der Waals surface area (Å²) >= 11 is 0. The number of nitrogens with one attached hydrogen (secondary N) is 3. The van der Waals surface area contributed by atoms with Gasteiger partial charge in [-0.2, -0.15) is 0 Å². The van der Waals surface area contributed by atoms with Crippen LogP contribution >= 0.6 is 0 Å². The number of carbonyl (C=O) groups excluding carboxylic acids is 4. The van der Waals surface area contributed by atoms with Crippen LogP contribution in [0.3, 0.4) is 0 Å². The van der Waals surface area contributed by atoms with E-state index in [1.54, 1.807) is 0 Å². The van der Waals surface area contributed by atoms with Crippen LogP contribution in [0.1, 0.15) is 31.1 Å². The SMILES string of the molecule is CC(=O)Nc1ccc(C=O)c(NC(C)=O)c1NC(C)=O. The van der Waals surface area contributed by atoms with Gasteiger partial charge in [-0.1, -0.05) is 0 Å². The first-order chi connectivity index (χ1) is 9.35. The third-order valence-electron chi connectivity index (χ3n) is 2.28. The van der Waals surface area contributed by atoms with Crippen molar-refractivity contribution in [1.82, 2.24) is 0 Å². The molecule has 0 heterocycles. The monoisotopic (exact) mass is 277 g/mol. The van der Waals surface area contributed by atoms with Gasteiger partial charge in [0.2, 0.25) is 17.7 Å². The van der Waals surface area contributed by atoms with Crippen molar-refractivity contribution in [3.05, 3.63) is 17.7 Å². The molecule has 1 rings (SSSR count). The molecule has 0 spiro atoms. The van der Waals surface area contributed by atoms with Crippen molar-refractivity contribution in [2.24, 2.45) is 0 Å². The van der Waals surface area contributed by atoms with E-state index in [9.17, 15) is 19.2 Å². The van der Waals surface area contributed by atoms with Gasteiger partial charge >= 0.3 is 0 Å². The lowest BCUT2D eigenvalue weighted by Crippen LogP contribution is -2.17. The molecule has 0 atom stereocenters. The first kappa shape index (κ1) is 15.4. The van der Waals surface area contributed by atoms with Gasteiger partial charge in [0, 0.05) is 26.3 Å². The highest BCUT2D eigenvalue weighted by molar-refractivity contribution is 6.09. The maximum absolute atomic E-state index is 11.3. The van der Waals surface area contributed by atoms with Crippen molar-refractivity contribution < 1.29 is 19.2 Å².